The molecule has 0 amide bonds. The normalized spacial score (nSPS) is 14.3. The van der Waals surface area contributed by atoms with Crippen LogP contribution in [0.3, 0.4) is 0 Å². The second-order valence-electron chi connectivity index (χ2n) is 8.25. The summed E-state index contributed by atoms with van der Waals surface area (Å²) in [5.74, 6) is 0.661. The van der Waals surface area contributed by atoms with Crippen molar-refractivity contribution in [2.24, 2.45) is 0 Å². The summed E-state index contributed by atoms with van der Waals surface area (Å²) in [7, 11) is 0. The maximum Gasteiger partial charge on any atom is 0.238 e. The molecule has 0 saturated heterocycles. The number of hydrogen-bond donors (Lipinski definition) is 1. The number of imidazole rings is 1. The first-order valence-corrected chi connectivity index (χ1v) is 10.7. The number of hydrogen-bond acceptors (Lipinski definition) is 4. The molecule has 0 radical (unpaired) electrons. The SMILES string of the molecule is C1CCCCC1.Cc1nc2c(F)cc(-c3ccn4nc(N)ncc34)cc2n1C(C)C. The molecule has 7 heteroatoms. The van der Waals surface area contributed by atoms with Crippen molar-refractivity contribution in [2.45, 2.75) is 65.3 Å². The number of anilines is 1. The molecule has 1 aliphatic carbocycles. The molecule has 0 spiro atoms. The van der Waals surface area contributed by atoms with Crippen LogP contribution in [0.25, 0.3) is 27.7 Å². The smallest absolute Gasteiger partial charge is 0.238 e. The second kappa shape index (κ2) is 8.42. The first-order valence-electron chi connectivity index (χ1n) is 10.7. The molecule has 2 N–H and O–H groups in total. The van der Waals surface area contributed by atoms with E-state index in [0.717, 1.165) is 28.0 Å². The van der Waals surface area contributed by atoms with Gasteiger partial charge in [-0.05, 0) is 44.5 Å². The van der Waals surface area contributed by atoms with Gasteiger partial charge in [0.15, 0.2) is 5.82 Å². The molecule has 0 aliphatic heterocycles. The summed E-state index contributed by atoms with van der Waals surface area (Å²) < 4.78 is 18.3. The molecule has 0 bridgehead atoms. The van der Waals surface area contributed by atoms with Gasteiger partial charge in [0.25, 0.3) is 0 Å². The van der Waals surface area contributed by atoms with Crippen LogP contribution in [0.2, 0.25) is 0 Å². The molecular formula is C23H29FN6. The summed E-state index contributed by atoms with van der Waals surface area (Å²) in [6, 6.07) is 5.54. The molecule has 0 unspecified atom stereocenters. The van der Waals surface area contributed by atoms with Crippen LogP contribution in [-0.4, -0.2) is 24.1 Å². The molecular weight excluding hydrogens is 379 g/mol. The summed E-state index contributed by atoms with van der Waals surface area (Å²) in [6.07, 6.45) is 12.4. The van der Waals surface area contributed by atoms with Crippen molar-refractivity contribution in [2.75, 3.05) is 5.73 Å². The highest BCUT2D eigenvalue weighted by atomic mass is 19.1. The van der Waals surface area contributed by atoms with Crippen molar-refractivity contribution in [1.82, 2.24) is 24.1 Å². The Morgan fingerprint density at radius 3 is 2.33 bits per heavy atom. The topological polar surface area (TPSA) is 74.0 Å². The van der Waals surface area contributed by atoms with E-state index in [2.05, 4.69) is 28.9 Å². The summed E-state index contributed by atoms with van der Waals surface area (Å²) in [4.78, 5) is 8.41. The van der Waals surface area contributed by atoms with E-state index in [9.17, 15) is 4.39 Å². The molecule has 4 aromatic rings. The van der Waals surface area contributed by atoms with Crippen LogP contribution in [0.5, 0.6) is 0 Å². The number of aromatic nitrogens is 5. The third kappa shape index (κ3) is 3.88. The van der Waals surface area contributed by atoms with Crippen LogP contribution in [0.15, 0.2) is 30.6 Å². The van der Waals surface area contributed by atoms with Crippen LogP contribution in [-0.2, 0) is 0 Å². The Hall–Kier alpha value is -2.96. The Balaban J connectivity index is 0.000000313. The number of rotatable bonds is 2. The zero-order valence-electron chi connectivity index (χ0n) is 17.9. The highest BCUT2D eigenvalue weighted by Gasteiger charge is 2.17. The van der Waals surface area contributed by atoms with Crippen molar-refractivity contribution >= 4 is 22.5 Å². The summed E-state index contributed by atoms with van der Waals surface area (Å²) in [5.41, 5.74) is 9.18. The van der Waals surface area contributed by atoms with Gasteiger partial charge in [-0.1, -0.05) is 38.5 Å². The van der Waals surface area contributed by atoms with Crippen molar-refractivity contribution in [3.8, 4) is 11.1 Å². The Labute approximate surface area is 175 Å². The van der Waals surface area contributed by atoms with E-state index in [-0.39, 0.29) is 17.8 Å². The van der Waals surface area contributed by atoms with Gasteiger partial charge in [0.05, 0.1) is 17.2 Å². The molecule has 3 heterocycles. The number of nitrogens with zero attached hydrogens (tertiary/aromatic N) is 5. The summed E-state index contributed by atoms with van der Waals surface area (Å²) >= 11 is 0. The highest BCUT2D eigenvalue weighted by molar-refractivity contribution is 5.88. The van der Waals surface area contributed by atoms with Gasteiger partial charge in [0.2, 0.25) is 5.95 Å². The quantitative estimate of drug-likeness (QED) is 0.462. The third-order valence-corrected chi connectivity index (χ3v) is 5.69. The lowest BCUT2D eigenvalue weighted by Gasteiger charge is -2.11. The highest BCUT2D eigenvalue weighted by Crippen LogP contribution is 2.31. The van der Waals surface area contributed by atoms with E-state index in [1.807, 2.05) is 23.6 Å². The van der Waals surface area contributed by atoms with E-state index in [0.29, 0.717) is 5.52 Å². The fourth-order valence-corrected chi connectivity index (χ4v) is 4.29. The van der Waals surface area contributed by atoms with Crippen LogP contribution in [0.1, 0.15) is 64.2 Å². The first kappa shape index (κ1) is 20.3. The Kier molecular flexibility index (Phi) is 5.70. The molecule has 1 fully saturated rings. The van der Waals surface area contributed by atoms with Crippen LogP contribution < -0.4 is 5.73 Å². The van der Waals surface area contributed by atoms with E-state index in [1.165, 1.54) is 44.6 Å². The number of aryl methyl sites for hydroxylation is 1. The van der Waals surface area contributed by atoms with Gasteiger partial charge in [-0.2, -0.15) is 0 Å². The molecule has 1 saturated carbocycles. The molecule has 158 valence electrons. The van der Waals surface area contributed by atoms with E-state index < -0.39 is 0 Å². The Bertz CT molecular complexity index is 1160. The molecule has 5 rings (SSSR count). The largest absolute Gasteiger partial charge is 0.367 e. The number of nitrogen functional groups attached to an aromatic ring is 1. The van der Waals surface area contributed by atoms with E-state index in [4.69, 9.17) is 5.73 Å². The second-order valence-corrected chi connectivity index (χ2v) is 8.25. The zero-order chi connectivity index (χ0) is 21.3. The fourth-order valence-electron chi connectivity index (χ4n) is 4.29. The number of benzene rings is 1. The van der Waals surface area contributed by atoms with Crippen molar-refractivity contribution in [1.29, 1.82) is 0 Å². The van der Waals surface area contributed by atoms with Gasteiger partial charge in [-0.25, -0.2) is 18.9 Å². The molecule has 30 heavy (non-hydrogen) atoms. The predicted molar refractivity (Wildman–Crippen MR) is 119 cm³/mol. The van der Waals surface area contributed by atoms with Gasteiger partial charge < -0.3 is 10.3 Å². The van der Waals surface area contributed by atoms with Gasteiger partial charge in [0, 0.05) is 17.8 Å². The zero-order valence-corrected chi connectivity index (χ0v) is 17.9. The minimum absolute atomic E-state index is 0.193. The maximum atomic E-state index is 14.6. The average Bonchev–Trinajstić information content (AvgIpc) is 3.30. The first-order chi connectivity index (χ1) is 14.5. The lowest BCUT2D eigenvalue weighted by molar-refractivity contribution is 0.504. The lowest BCUT2D eigenvalue weighted by Crippen LogP contribution is -2.02. The molecule has 3 aromatic heterocycles. The summed E-state index contributed by atoms with van der Waals surface area (Å²) in [5, 5.41) is 4.13. The summed E-state index contributed by atoms with van der Waals surface area (Å²) in [6.45, 7) is 6.01. The number of halogens is 1. The van der Waals surface area contributed by atoms with Crippen molar-refractivity contribution < 1.29 is 4.39 Å². The average molecular weight is 409 g/mol. The third-order valence-electron chi connectivity index (χ3n) is 5.69. The predicted octanol–water partition coefficient (Wildman–Crippen LogP) is 5.70. The van der Waals surface area contributed by atoms with Crippen molar-refractivity contribution in [3.63, 3.8) is 0 Å². The number of nitrogens with two attached hydrogens (primary N) is 1. The monoisotopic (exact) mass is 408 g/mol. The van der Waals surface area contributed by atoms with Crippen molar-refractivity contribution in [3.05, 3.63) is 42.2 Å². The Morgan fingerprint density at radius 1 is 1.03 bits per heavy atom. The lowest BCUT2D eigenvalue weighted by atomic mass is 10.0. The van der Waals surface area contributed by atoms with E-state index >= 15 is 0 Å². The molecule has 6 nitrogen and oxygen atoms in total. The number of fused-ring (bicyclic) bond motifs is 2. The van der Waals surface area contributed by atoms with Crippen LogP contribution in [0.4, 0.5) is 10.3 Å². The minimum atomic E-state index is -0.333. The van der Waals surface area contributed by atoms with Crippen LogP contribution in [0, 0.1) is 12.7 Å². The molecule has 1 aromatic carbocycles. The molecule has 0 atom stereocenters. The maximum absolute atomic E-state index is 14.6. The standard InChI is InChI=1S/C17H17FN6.C6H12/c1-9(2)24-10(3)21-16-13(18)6-11(7-14(16)24)12-4-5-23-15(12)8-20-17(19)22-23;1-2-4-6-5-3-1/h4-9H,1-3H3,(H2,19,22);1-6H2. The minimum Gasteiger partial charge on any atom is -0.367 e. The van der Waals surface area contributed by atoms with Gasteiger partial charge in [0.1, 0.15) is 11.3 Å². The Morgan fingerprint density at radius 2 is 1.70 bits per heavy atom. The van der Waals surface area contributed by atoms with Gasteiger partial charge in [-0.15, -0.1) is 5.10 Å². The van der Waals surface area contributed by atoms with E-state index in [1.54, 1.807) is 16.9 Å². The fraction of sp³-hybridized carbons (Fsp3) is 0.435. The molecule has 1 aliphatic rings. The van der Waals surface area contributed by atoms with Gasteiger partial charge in [-0.3, -0.25) is 0 Å². The van der Waals surface area contributed by atoms with Crippen LogP contribution >= 0.6 is 0 Å². The van der Waals surface area contributed by atoms with Gasteiger partial charge >= 0.3 is 0 Å².